The minimum atomic E-state index is 0.189. The van der Waals surface area contributed by atoms with Crippen LogP contribution in [-0.4, -0.2) is 18.8 Å². The van der Waals surface area contributed by atoms with Crippen LogP contribution in [-0.2, 0) is 11.3 Å². The summed E-state index contributed by atoms with van der Waals surface area (Å²) in [6, 6.07) is 5.59. The van der Waals surface area contributed by atoms with Crippen LogP contribution in [0.25, 0.3) is 0 Å². The molecule has 94 valence electrons. The average molecular weight is 256 g/mol. The Bertz CT molecular complexity index is 384. The summed E-state index contributed by atoms with van der Waals surface area (Å²) in [4.78, 5) is 0. The molecular weight excluding hydrogens is 238 g/mol. The molecule has 17 heavy (non-hydrogen) atoms. The van der Waals surface area contributed by atoms with E-state index in [1.54, 1.807) is 0 Å². The fraction of sp³-hybridized carbons (Fsp3) is 0.538. The van der Waals surface area contributed by atoms with E-state index in [4.69, 9.17) is 26.8 Å². The summed E-state index contributed by atoms with van der Waals surface area (Å²) in [5.74, 6) is 0.767. The molecule has 0 amide bonds. The van der Waals surface area contributed by atoms with E-state index >= 15 is 0 Å². The molecule has 4 heteroatoms. The first-order valence-electron chi connectivity index (χ1n) is 5.96. The van der Waals surface area contributed by atoms with Gasteiger partial charge in [0, 0.05) is 17.1 Å². The van der Waals surface area contributed by atoms with Crippen molar-refractivity contribution in [3.8, 4) is 5.75 Å². The van der Waals surface area contributed by atoms with Gasteiger partial charge in [-0.15, -0.1) is 0 Å². The molecule has 0 bridgehead atoms. The first kappa shape index (κ1) is 12.7. The summed E-state index contributed by atoms with van der Waals surface area (Å²) in [7, 11) is 0. The molecule has 3 nitrogen and oxygen atoms in total. The van der Waals surface area contributed by atoms with Gasteiger partial charge in [0.25, 0.3) is 0 Å². The maximum absolute atomic E-state index is 6.06. The van der Waals surface area contributed by atoms with E-state index in [0.717, 1.165) is 24.2 Å². The van der Waals surface area contributed by atoms with Crippen molar-refractivity contribution in [3.63, 3.8) is 0 Å². The number of benzene rings is 1. The quantitative estimate of drug-likeness (QED) is 0.900. The second kappa shape index (κ2) is 5.71. The van der Waals surface area contributed by atoms with Crippen LogP contribution in [0.15, 0.2) is 18.2 Å². The first-order valence-corrected chi connectivity index (χ1v) is 6.34. The van der Waals surface area contributed by atoms with Crippen molar-refractivity contribution >= 4 is 11.6 Å². The van der Waals surface area contributed by atoms with Gasteiger partial charge in [0.05, 0.1) is 12.2 Å². The smallest absolute Gasteiger partial charge is 0.125 e. The lowest BCUT2D eigenvalue weighted by Gasteiger charge is -2.15. The lowest BCUT2D eigenvalue weighted by atomic mass is 10.2. The molecule has 1 saturated heterocycles. The Hall–Kier alpha value is -0.770. The summed E-state index contributed by atoms with van der Waals surface area (Å²) in [5, 5.41) is 0.658. The van der Waals surface area contributed by atoms with Crippen molar-refractivity contribution in [2.24, 2.45) is 5.73 Å². The van der Waals surface area contributed by atoms with Crippen molar-refractivity contribution in [1.29, 1.82) is 0 Å². The highest BCUT2D eigenvalue weighted by Crippen LogP contribution is 2.27. The number of halogens is 1. The number of nitrogens with two attached hydrogens (primary N) is 1. The summed E-state index contributed by atoms with van der Waals surface area (Å²) in [5.41, 5.74) is 6.52. The normalized spacial score (nSPS) is 23.9. The molecule has 0 saturated carbocycles. The van der Waals surface area contributed by atoms with Gasteiger partial charge in [0.15, 0.2) is 0 Å². The van der Waals surface area contributed by atoms with Gasteiger partial charge in [-0.3, -0.25) is 0 Å². The van der Waals surface area contributed by atoms with Crippen LogP contribution in [0, 0.1) is 0 Å². The van der Waals surface area contributed by atoms with Crippen LogP contribution in [0.5, 0.6) is 5.75 Å². The molecule has 1 aliphatic heterocycles. The Morgan fingerprint density at radius 2 is 2.29 bits per heavy atom. The third-order valence-electron chi connectivity index (χ3n) is 3.02. The molecule has 2 rings (SSSR count). The highest BCUT2D eigenvalue weighted by molar-refractivity contribution is 6.31. The van der Waals surface area contributed by atoms with Gasteiger partial charge in [0.1, 0.15) is 12.4 Å². The van der Waals surface area contributed by atoms with E-state index in [2.05, 4.69) is 6.92 Å². The predicted octanol–water partition coefficient (Wildman–Crippen LogP) is 2.75. The Morgan fingerprint density at radius 1 is 1.47 bits per heavy atom. The molecule has 0 aromatic heterocycles. The zero-order chi connectivity index (χ0) is 12.3. The summed E-state index contributed by atoms with van der Waals surface area (Å²) < 4.78 is 11.4. The molecule has 2 N–H and O–H groups in total. The van der Waals surface area contributed by atoms with Gasteiger partial charge in [0.2, 0.25) is 0 Å². The van der Waals surface area contributed by atoms with E-state index in [9.17, 15) is 0 Å². The van der Waals surface area contributed by atoms with Crippen LogP contribution >= 0.6 is 11.6 Å². The molecule has 1 aliphatic rings. The summed E-state index contributed by atoms with van der Waals surface area (Å²) >= 11 is 6.06. The lowest BCUT2D eigenvalue weighted by molar-refractivity contribution is 0.0262. The van der Waals surface area contributed by atoms with Crippen LogP contribution in [0.2, 0.25) is 5.02 Å². The highest BCUT2D eigenvalue weighted by Gasteiger charge is 2.22. The Kier molecular flexibility index (Phi) is 4.26. The van der Waals surface area contributed by atoms with Crippen molar-refractivity contribution in [2.45, 2.75) is 38.5 Å². The van der Waals surface area contributed by atoms with E-state index < -0.39 is 0 Å². The summed E-state index contributed by atoms with van der Waals surface area (Å²) in [6.07, 6.45) is 2.69. The van der Waals surface area contributed by atoms with E-state index in [0.29, 0.717) is 24.3 Å². The van der Waals surface area contributed by atoms with Crippen LogP contribution in [0.3, 0.4) is 0 Å². The van der Waals surface area contributed by atoms with Gasteiger partial charge < -0.3 is 15.2 Å². The molecule has 1 fully saturated rings. The van der Waals surface area contributed by atoms with Gasteiger partial charge in [-0.1, -0.05) is 17.7 Å². The predicted molar refractivity (Wildman–Crippen MR) is 68.4 cm³/mol. The zero-order valence-corrected chi connectivity index (χ0v) is 10.7. The van der Waals surface area contributed by atoms with E-state index in [1.165, 1.54) is 0 Å². The fourth-order valence-electron chi connectivity index (χ4n) is 2.06. The molecule has 0 spiro atoms. The Labute approximate surface area is 107 Å². The number of ether oxygens (including phenoxy) is 2. The minimum Gasteiger partial charge on any atom is -0.490 e. The number of hydrogen-bond acceptors (Lipinski definition) is 3. The van der Waals surface area contributed by atoms with Crippen LogP contribution in [0.4, 0.5) is 0 Å². The molecule has 1 heterocycles. The average Bonchev–Trinajstić information content (AvgIpc) is 2.72. The van der Waals surface area contributed by atoms with Crippen molar-refractivity contribution in [1.82, 2.24) is 0 Å². The fourth-order valence-corrected chi connectivity index (χ4v) is 2.31. The van der Waals surface area contributed by atoms with Crippen molar-refractivity contribution in [2.75, 3.05) is 6.61 Å². The summed E-state index contributed by atoms with van der Waals surface area (Å²) in [6.45, 7) is 3.04. The maximum Gasteiger partial charge on any atom is 0.125 e. The molecule has 2 atom stereocenters. The first-order chi connectivity index (χ1) is 8.20. The van der Waals surface area contributed by atoms with Crippen molar-refractivity contribution < 1.29 is 9.47 Å². The Morgan fingerprint density at radius 3 is 2.94 bits per heavy atom. The minimum absolute atomic E-state index is 0.189. The van der Waals surface area contributed by atoms with Gasteiger partial charge in [-0.05, 0) is 31.9 Å². The Balaban J connectivity index is 1.97. The second-order valence-electron chi connectivity index (χ2n) is 4.38. The third-order valence-corrected chi connectivity index (χ3v) is 3.38. The van der Waals surface area contributed by atoms with E-state index in [1.807, 2.05) is 18.2 Å². The standard InChI is InChI=1S/C13H18ClNO2/c1-9-5-6-10(17-9)8-16-13-4-2-3-12(14)11(13)7-15/h2-4,9-10H,5-8,15H2,1H3. The molecule has 2 unspecified atom stereocenters. The molecule has 0 aliphatic carbocycles. The largest absolute Gasteiger partial charge is 0.490 e. The van der Waals surface area contributed by atoms with Crippen LogP contribution in [0.1, 0.15) is 25.3 Å². The van der Waals surface area contributed by atoms with E-state index in [-0.39, 0.29) is 6.10 Å². The molecule has 0 radical (unpaired) electrons. The maximum atomic E-state index is 6.06. The molecule has 1 aromatic rings. The number of hydrogen-bond donors (Lipinski definition) is 1. The molecular formula is C13H18ClNO2. The van der Waals surface area contributed by atoms with Gasteiger partial charge in [-0.25, -0.2) is 0 Å². The van der Waals surface area contributed by atoms with Gasteiger partial charge in [-0.2, -0.15) is 0 Å². The van der Waals surface area contributed by atoms with Crippen LogP contribution < -0.4 is 10.5 Å². The zero-order valence-electron chi connectivity index (χ0n) is 9.99. The topological polar surface area (TPSA) is 44.5 Å². The highest BCUT2D eigenvalue weighted by atomic mass is 35.5. The molecule has 1 aromatic carbocycles. The van der Waals surface area contributed by atoms with Crippen molar-refractivity contribution in [3.05, 3.63) is 28.8 Å². The third kappa shape index (κ3) is 3.12. The monoisotopic (exact) mass is 255 g/mol. The van der Waals surface area contributed by atoms with Gasteiger partial charge >= 0.3 is 0 Å². The second-order valence-corrected chi connectivity index (χ2v) is 4.78. The number of rotatable bonds is 4. The lowest BCUT2D eigenvalue weighted by Crippen LogP contribution is -2.18. The SMILES string of the molecule is CC1CCC(COc2cccc(Cl)c2CN)O1.